The number of carbonyl (C=O) groups is 1. The first-order chi connectivity index (χ1) is 14.6. The second-order valence-corrected chi connectivity index (χ2v) is 6.82. The van der Waals surface area contributed by atoms with Gasteiger partial charge in [-0.2, -0.15) is 0 Å². The molecule has 0 aliphatic carbocycles. The zero-order chi connectivity index (χ0) is 21.1. The van der Waals surface area contributed by atoms with Crippen LogP contribution < -0.4 is 11.1 Å². The molecule has 30 heavy (non-hydrogen) atoms. The Bertz CT molecular complexity index is 1340. The van der Waals surface area contributed by atoms with Crippen molar-refractivity contribution in [3.05, 3.63) is 75.1 Å². The van der Waals surface area contributed by atoms with Crippen molar-refractivity contribution in [2.45, 2.75) is 26.4 Å². The number of nitrogens with zero attached hydrogens (tertiary/aromatic N) is 5. The largest absolute Gasteiger partial charge is 0.335 e. The number of aromatic amines is 1. The summed E-state index contributed by atoms with van der Waals surface area (Å²) in [6, 6.07) is 14.0. The van der Waals surface area contributed by atoms with E-state index >= 15 is 0 Å². The van der Waals surface area contributed by atoms with Crippen molar-refractivity contribution in [1.29, 1.82) is 0 Å². The lowest BCUT2D eigenvalue weighted by atomic mass is 10.2. The highest BCUT2D eigenvalue weighted by Crippen LogP contribution is 2.08. The SMILES string of the molecule is CCN(Cc1nc2ccccc2c(=O)[nH]1)C(=O)CCn1nnc2ccccc2c1=O. The lowest BCUT2D eigenvalue weighted by molar-refractivity contribution is -0.132. The molecule has 152 valence electrons. The Hall–Kier alpha value is -3.88. The van der Waals surface area contributed by atoms with Crippen LogP contribution in [0.3, 0.4) is 0 Å². The maximum absolute atomic E-state index is 12.7. The molecule has 0 spiro atoms. The van der Waals surface area contributed by atoms with Crippen molar-refractivity contribution in [3.8, 4) is 0 Å². The van der Waals surface area contributed by atoms with E-state index in [-0.39, 0.29) is 36.5 Å². The summed E-state index contributed by atoms with van der Waals surface area (Å²) in [5.74, 6) is 0.242. The van der Waals surface area contributed by atoms with Crippen molar-refractivity contribution in [3.63, 3.8) is 0 Å². The summed E-state index contributed by atoms with van der Waals surface area (Å²) in [5.41, 5.74) is 0.582. The first kappa shape index (κ1) is 19.4. The van der Waals surface area contributed by atoms with Crippen LogP contribution in [0.2, 0.25) is 0 Å². The van der Waals surface area contributed by atoms with Gasteiger partial charge in [0.05, 0.1) is 29.4 Å². The van der Waals surface area contributed by atoms with E-state index in [4.69, 9.17) is 0 Å². The number of aromatic nitrogens is 5. The third kappa shape index (κ3) is 3.82. The Morgan fingerprint density at radius 2 is 1.73 bits per heavy atom. The van der Waals surface area contributed by atoms with Gasteiger partial charge in [-0.05, 0) is 31.2 Å². The molecule has 0 atom stereocenters. The fourth-order valence-electron chi connectivity index (χ4n) is 3.30. The van der Waals surface area contributed by atoms with Gasteiger partial charge in [0.1, 0.15) is 11.3 Å². The summed E-state index contributed by atoms with van der Waals surface area (Å²) in [5, 5.41) is 8.91. The van der Waals surface area contributed by atoms with Crippen LogP contribution in [0.4, 0.5) is 0 Å². The first-order valence-electron chi connectivity index (χ1n) is 9.65. The van der Waals surface area contributed by atoms with Gasteiger partial charge in [0.25, 0.3) is 11.1 Å². The molecule has 1 amide bonds. The molecule has 9 heteroatoms. The standard InChI is InChI=1S/C21H20N6O3/c1-2-26(13-18-22-16-9-5-3-7-14(16)20(29)23-18)19(28)11-12-27-21(30)15-8-4-6-10-17(15)24-25-27/h3-10H,2,11-13H2,1H3,(H,22,23,29). The third-order valence-corrected chi connectivity index (χ3v) is 4.90. The van der Waals surface area contributed by atoms with E-state index in [9.17, 15) is 14.4 Å². The normalized spacial score (nSPS) is 11.1. The molecular formula is C21H20N6O3. The molecule has 0 radical (unpaired) electrons. The van der Waals surface area contributed by atoms with E-state index in [1.165, 1.54) is 4.68 Å². The first-order valence-corrected chi connectivity index (χ1v) is 9.65. The maximum Gasteiger partial charge on any atom is 0.277 e. The lowest BCUT2D eigenvalue weighted by Crippen LogP contribution is -2.34. The van der Waals surface area contributed by atoms with Gasteiger partial charge in [-0.15, -0.1) is 5.10 Å². The number of hydrogen-bond acceptors (Lipinski definition) is 6. The number of nitrogens with one attached hydrogen (secondary N) is 1. The van der Waals surface area contributed by atoms with Crippen molar-refractivity contribution < 1.29 is 4.79 Å². The fraction of sp³-hybridized carbons (Fsp3) is 0.238. The predicted octanol–water partition coefficient (Wildman–Crippen LogP) is 1.47. The highest BCUT2D eigenvalue weighted by Gasteiger charge is 2.15. The number of hydrogen-bond donors (Lipinski definition) is 1. The molecule has 0 unspecified atom stereocenters. The molecule has 0 aliphatic rings. The van der Waals surface area contributed by atoms with E-state index < -0.39 is 0 Å². The van der Waals surface area contributed by atoms with Crippen LogP contribution >= 0.6 is 0 Å². The molecule has 2 aromatic carbocycles. The number of carbonyl (C=O) groups excluding carboxylic acids is 1. The summed E-state index contributed by atoms with van der Waals surface area (Å²) in [6.07, 6.45) is 0.0819. The van der Waals surface area contributed by atoms with E-state index in [2.05, 4.69) is 20.3 Å². The number of aryl methyl sites for hydroxylation is 1. The summed E-state index contributed by atoms with van der Waals surface area (Å²) in [7, 11) is 0. The molecule has 0 saturated carbocycles. The minimum absolute atomic E-state index is 0.0819. The minimum Gasteiger partial charge on any atom is -0.335 e. The molecule has 0 aliphatic heterocycles. The molecule has 0 saturated heterocycles. The lowest BCUT2D eigenvalue weighted by Gasteiger charge is -2.20. The van der Waals surface area contributed by atoms with Gasteiger partial charge in [0.2, 0.25) is 5.91 Å². The van der Waals surface area contributed by atoms with Crippen LogP contribution in [0, 0.1) is 0 Å². The van der Waals surface area contributed by atoms with E-state index in [0.717, 1.165) is 0 Å². The average Bonchev–Trinajstić information content (AvgIpc) is 2.77. The van der Waals surface area contributed by atoms with Gasteiger partial charge in [-0.1, -0.05) is 29.5 Å². The molecular weight excluding hydrogens is 384 g/mol. The van der Waals surface area contributed by atoms with Crippen LogP contribution in [-0.4, -0.2) is 42.3 Å². The quantitative estimate of drug-likeness (QED) is 0.521. The Kier molecular flexibility index (Phi) is 5.34. The molecule has 0 fully saturated rings. The molecule has 4 aromatic rings. The van der Waals surface area contributed by atoms with Crippen molar-refractivity contribution >= 4 is 27.7 Å². The molecule has 4 rings (SSSR count). The predicted molar refractivity (Wildman–Crippen MR) is 112 cm³/mol. The molecule has 2 aromatic heterocycles. The van der Waals surface area contributed by atoms with Crippen LogP contribution in [0.5, 0.6) is 0 Å². The summed E-state index contributed by atoms with van der Waals surface area (Å²) < 4.78 is 1.20. The number of fused-ring (bicyclic) bond motifs is 2. The number of H-pyrrole nitrogens is 1. The Labute approximate surface area is 171 Å². The van der Waals surface area contributed by atoms with Crippen molar-refractivity contribution in [2.24, 2.45) is 0 Å². The van der Waals surface area contributed by atoms with Crippen molar-refractivity contribution in [2.75, 3.05) is 6.54 Å². The Balaban J connectivity index is 1.49. The summed E-state index contributed by atoms with van der Waals surface area (Å²) in [4.78, 5) is 46.2. The van der Waals surface area contributed by atoms with Gasteiger partial charge in [0.15, 0.2) is 0 Å². The summed E-state index contributed by atoms with van der Waals surface area (Å²) >= 11 is 0. The zero-order valence-corrected chi connectivity index (χ0v) is 16.4. The second-order valence-electron chi connectivity index (χ2n) is 6.82. The fourth-order valence-corrected chi connectivity index (χ4v) is 3.30. The Morgan fingerprint density at radius 1 is 1.03 bits per heavy atom. The molecule has 2 heterocycles. The van der Waals surface area contributed by atoms with Crippen molar-refractivity contribution in [1.82, 2.24) is 29.9 Å². The van der Waals surface area contributed by atoms with Gasteiger partial charge >= 0.3 is 0 Å². The Morgan fingerprint density at radius 3 is 2.50 bits per heavy atom. The van der Waals surface area contributed by atoms with E-state index in [1.54, 1.807) is 47.4 Å². The third-order valence-electron chi connectivity index (χ3n) is 4.90. The van der Waals surface area contributed by atoms with Gasteiger partial charge < -0.3 is 9.88 Å². The summed E-state index contributed by atoms with van der Waals surface area (Å²) in [6.45, 7) is 2.58. The van der Waals surface area contributed by atoms with Gasteiger partial charge in [-0.3, -0.25) is 14.4 Å². The highest BCUT2D eigenvalue weighted by molar-refractivity contribution is 5.78. The van der Waals surface area contributed by atoms with Crippen LogP contribution in [0.25, 0.3) is 21.8 Å². The molecule has 9 nitrogen and oxygen atoms in total. The smallest absolute Gasteiger partial charge is 0.277 e. The highest BCUT2D eigenvalue weighted by atomic mass is 16.2. The minimum atomic E-state index is -0.281. The second kappa shape index (κ2) is 8.24. The number of benzene rings is 2. The number of amides is 1. The van der Waals surface area contributed by atoms with Crippen LogP contribution in [0.1, 0.15) is 19.2 Å². The molecule has 1 N–H and O–H groups in total. The van der Waals surface area contributed by atoms with Gasteiger partial charge in [-0.25, -0.2) is 9.67 Å². The average molecular weight is 404 g/mol. The monoisotopic (exact) mass is 404 g/mol. The number of rotatable bonds is 6. The van der Waals surface area contributed by atoms with E-state index in [1.807, 2.05) is 13.0 Å². The van der Waals surface area contributed by atoms with Gasteiger partial charge in [0, 0.05) is 13.0 Å². The number of para-hydroxylation sites is 1. The van der Waals surface area contributed by atoms with Crippen LogP contribution in [-0.2, 0) is 17.9 Å². The maximum atomic E-state index is 12.7. The molecule has 0 bridgehead atoms. The van der Waals surface area contributed by atoms with Crippen LogP contribution in [0.15, 0.2) is 58.1 Å². The van der Waals surface area contributed by atoms with E-state index in [0.29, 0.717) is 34.2 Å². The zero-order valence-electron chi connectivity index (χ0n) is 16.4. The topological polar surface area (TPSA) is 114 Å².